The number of nitrogens with one attached hydrogen (secondary N) is 1. The predicted octanol–water partition coefficient (Wildman–Crippen LogP) is 6.25. The Kier molecular flexibility index (Phi) is 5.68. The molecule has 2 fully saturated rings. The van der Waals surface area contributed by atoms with Crippen LogP contribution in [0.5, 0.6) is 0 Å². The van der Waals surface area contributed by atoms with E-state index in [4.69, 9.17) is 0 Å². The number of carbonyl (C=O) groups is 2. The highest BCUT2D eigenvalue weighted by Gasteiger charge is 2.66. The largest absolute Gasteiger partial charge is 0.465 e. The third-order valence-corrected chi connectivity index (χ3v) is 10.9. The van der Waals surface area contributed by atoms with Crippen molar-refractivity contribution in [2.45, 2.75) is 77.9 Å². The Morgan fingerprint density at radius 3 is 2.50 bits per heavy atom. The second kappa shape index (κ2) is 8.62. The Bertz CT molecular complexity index is 1410. The van der Waals surface area contributed by atoms with Gasteiger partial charge in [-0.25, -0.2) is 4.79 Å². The van der Waals surface area contributed by atoms with E-state index in [0.717, 1.165) is 47.7 Å². The maximum Gasteiger partial charge on any atom is 0.408 e. The quantitative estimate of drug-likeness (QED) is 0.423. The molecular formula is C32H39N3O3. The number of para-hydroxylation sites is 1. The van der Waals surface area contributed by atoms with Gasteiger partial charge in [0.15, 0.2) is 0 Å². The highest BCUT2D eigenvalue weighted by atomic mass is 16.4. The molecule has 200 valence electrons. The zero-order valence-corrected chi connectivity index (χ0v) is 23.0. The zero-order chi connectivity index (χ0) is 26.9. The van der Waals surface area contributed by atoms with Crippen LogP contribution >= 0.6 is 0 Å². The van der Waals surface area contributed by atoms with Gasteiger partial charge in [-0.05, 0) is 72.1 Å². The van der Waals surface area contributed by atoms with Crippen molar-refractivity contribution in [1.82, 2.24) is 14.8 Å². The van der Waals surface area contributed by atoms with Crippen molar-refractivity contribution in [1.29, 1.82) is 0 Å². The molecule has 2 bridgehead atoms. The fourth-order valence-corrected chi connectivity index (χ4v) is 8.16. The smallest absolute Gasteiger partial charge is 0.408 e. The van der Waals surface area contributed by atoms with E-state index in [1.54, 1.807) is 4.90 Å². The van der Waals surface area contributed by atoms with Gasteiger partial charge in [-0.2, -0.15) is 0 Å². The van der Waals surface area contributed by atoms with Crippen molar-refractivity contribution < 1.29 is 14.7 Å². The van der Waals surface area contributed by atoms with Gasteiger partial charge in [0, 0.05) is 42.7 Å². The normalized spacial score (nSPS) is 27.2. The summed E-state index contributed by atoms with van der Waals surface area (Å²) in [7, 11) is 0. The van der Waals surface area contributed by atoms with Crippen LogP contribution in [-0.2, 0) is 24.2 Å². The molecular weight excluding hydrogens is 474 g/mol. The van der Waals surface area contributed by atoms with Gasteiger partial charge in [0.05, 0.1) is 0 Å². The van der Waals surface area contributed by atoms with Gasteiger partial charge in [-0.3, -0.25) is 9.69 Å². The first kappa shape index (κ1) is 25.0. The lowest BCUT2D eigenvalue weighted by molar-refractivity contribution is -0.147. The molecule has 4 atom stereocenters. The van der Waals surface area contributed by atoms with Gasteiger partial charge < -0.3 is 15.0 Å². The van der Waals surface area contributed by atoms with Crippen molar-refractivity contribution in [2.24, 2.45) is 16.7 Å². The molecule has 6 heteroatoms. The molecule has 2 aliphatic carbocycles. The average molecular weight is 514 g/mol. The Morgan fingerprint density at radius 2 is 1.82 bits per heavy atom. The van der Waals surface area contributed by atoms with Crippen LogP contribution in [0.15, 0.2) is 54.7 Å². The monoisotopic (exact) mass is 513 g/mol. The molecule has 2 amide bonds. The molecule has 0 saturated heterocycles. The Balaban J connectivity index is 1.44. The van der Waals surface area contributed by atoms with Crippen LogP contribution in [0.3, 0.4) is 0 Å². The number of carboxylic acid groups (broad SMARTS) is 1. The molecule has 6 rings (SSSR count). The van der Waals surface area contributed by atoms with Crippen molar-refractivity contribution in [3.8, 4) is 0 Å². The van der Waals surface area contributed by atoms with E-state index in [2.05, 4.69) is 44.0 Å². The highest BCUT2D eigenvalue weighted by molar-refractivity contribution is 5.92. The lowest BCUT2D eigenvalue weighted by atomic mass is 9.68. The van der Waals surface area contributed by atoms with Crippen molar-refractivity contribution in [3.05, 3.63) is 71.4 Å². The van der Waals surface area contributed by atoms with Crippen molar-refractivity contribution in [3.63, 3.8) is 0 Å². The van der Waals surface area contributed by atoms with Gasteiger partial charge in [-0.1, -0.05) is 63.2 Å². The number of amides is 2. The number of aromatic amines is 1. The Labute approximate surface area is 225 Å². The third-order valence-electron chi connectivity index (χ3n) is 10.9. The average Bonchev–Trinajstić information content (AvgIpc) is 3.46. The molecule has 2 heterocycles. The first-order chi connectivity index (χ1) is 18.1. The molecule has 2 N–H and O–H groups in total. The first-order valence-corrected chi connectivity index (χ1v) is 14.0. The lowest BCUT2D eigenvalue weighted by Crippen LogP contribution is -2.66. The third kappa shape index (κ3) is 3.52. The molecule has 3 aliphatic rings. The fraction of sp³-hybridized carbons (Fsp3) is 0.500. The number of rotatable bonds is 5. The summed E-state index contributed by atoms with van der Waals surface area (Å²) in [4.78, 5) is 34.8. The van der Waals surface area contributed by atoms with E-state index in [1.165, 1.54) is 5.56 Å². The summed E-state index contributed by atoms with van der Waals surface area (Å²) < 4.78 is 0. The first-order valence-electron chi connectivity index (χ1n) is 14.0. The van der Waals surface area contributed by atoms with Crippen molar-refractivity contribution >= 4 is 22.9 Å². The second-order valence-electron chi connectivity index (χ2n) is 12.8. The summed E-state index contributed by atoms with van der Waals surface area (Å²) in [6.45, 7) is 9.85. The lowest BCUT2D eigenvalue weighted by Gasteiger charge is -2.51. The van der Waals surface area contributed by atoms with Crippen LogP contribution < -0.4 is 0 Å². The molecule has 1 unspecified atom stereocenters. The summed E-state index contributed by atoms with van der Waals surface area (Å²) >= 11 is 0. The SMILES string of the molecule is CC1(C)[C@@H]2CCC1(C)[C@@H](N(C(=O)O)[C@@](C)(Cc1c[nH]c3ccccc13)C(=O)N1CCc3ccccc3C1)C2. The summed E-state index contributed by atoms with van der Waals surface area (Å²) in [6.07, 6.45) is 5.01. The number of aromatic nitrogens is 1. The van der Waals surface area contributed by atoms with Crippen LogP contribution in [0.1, 0.15) is 63.6 Å². The number of carbonyl (C=O) groups excluding carboxylic acids is 1. The molecule has 3 aromatic rings. The molecule has 0 radical (unpaired) electrons. The predicted molar refractivity (Wildman–Crippen MR) is 149 cm³/mol. The van der Waals surface area contributed by atoms with E-state index < -0.39 is 11.6 Å². The van der Waals surface area contributed by atoms with Crippen LogP contribution in [0.4, 0.5) is 4.79 Å². The number of nitrogens with zero attached hydrogens (tertiary/aromatic N) is 2. The van der Waals surface area contributed by atoms with Gasteiger partial charge >= 0.3 is 6.09 Å². The molecule has 2 aromatic carbocycles. The van der Waals surface area contributed by atoms with E-state index in [0.29, 0.717) is 25.4 Å². The Hall–Kier alpha value is -3.28. The van der Waals surface area contributed by atoms with Crippen LogP contribution in [0, 0.1) is 16.7 Å². The van der Waals surface area contributed by atoms with Crippen LogP contribution in [-0.4, -0.2) is 50.0 Å². The van der Waals surface area contributed by atoms with E-state index in [9.17, 15) is 14.7 Å². The summed E-state index contributed by atoms with van der Waals surface area (Å²) in [5.41, 5.74) is 3.01. The van der Waals surface area contributed by atoms with E-state index in [1.807, 2.05) is 48.4 Å². The van der Waals surface area contributed by atoms with E-state index in [-0.39, 0.29) is 22.8 Å². The van der Waals surface area contributed by atoms with Gasteiger partial charge in [-0.15, -0.1) is 0 Å². The summed E-state index contributed by atoms with van der Waals surface area (Å²) in [5, 5.41) is 11.9. The zero-order valence-electron chi connectivity index (χ0n) is 23.0. The van der Waals surface area contributed by atoms with E-state index >= 15 is 0 Å². The Morgan fingerprint density at radius 1 is 1.11 bits per heavy atom. The standard InChI is InChI=1S/C32H39N3O3/c1-30(2)24-13-15-31(30,3)27(17-24)35(29(37)38)32(4,18-23-19-33-26-12-8-7-11-25(23)26)28(36)34-16-14-21-9-5-6-10-22(21)20-34/h5-12,19,24,27,33H,13-18,20H2,1-4H3,(H,37,38)/t24-,27+,31?,32+/m1/s1. The second-order valence-corrected chi connectivity index (χ2v) is 12.8. The minimum Gasteiger partial charge on any atom is -0.465 e. The van der Waals surface area contributed by atoms with Crippen LogP contribution in [0.25, 0.3) is 10.9 Å². The topological polar surface area (TPSA) is 76.6 Å². The van der Waals surface area contributed by atoms with Gasteiger partial charge in [0.2, 0.25) is 5.91 Å². The molecule has 1 aromatic heterocycles. The molecule has 6 nitrogen and oxygen atoms in total. The van der Waals surface area contributed by atoms with Gasteiger partial charge in [0.25, 0.3) is 0 Å². The number of H-pyrrole nitrogens is 1. The summed E-state index contributed by atoms with van der Waals surface area (Å²) in [6, 6.07) is 16.1. The highest BCUT2D eigenvalue weighted by Crippen LogP contribution is 2.67. The maximum atomic E-state index is 14.7. The number of hydrogen-bond acceptors (Lipinski definition) is 2. The maximum absolute atomic E-state index is 14.7. The number of fused-ring (bicyclic) bond motifs is 4. The summed E-state index contributed by atoms with van der Waals surface area (Å²) in [5.74, 6) is 0.373. The van der Waals surface area contributed by atoms with Crippen molar-refractivity contribution in [2.75, 3.05) is 6.54 Å². The van der Waals surface area contributed by atoms with Gasteiger partial charge in [0.1, 0.15) is 5.54 Å². The minimum atomic E-state index is -1.24. The minimum absolute atomic E-state index is 0.0279. The molecule has 0 spiro atoms. The molecule has 38 heavy (non-hydrogen) atoms. The molecule has 2 saturated carbocycles. The van der Waals surface area contributed by atoms with Crippen LogP contribution in [0.2, 0.25) is 0 Å². The molecule has 1 aliphatic heterocycles. The number of benzene rings is 2. The fourth-order valence-electron chi connectivity index (χ4n) is 8.16. The number of hydrogen-bond donors (Lipinski definition) is 2.